The van der Waals surface area contributed by atoms with Crippen LogP contribution in [0, 0.1) is 0 Å². The average Bonchev–Trinajstić information content (AvgIpc) is 3.01. The second-order valence-electron chi connectivity index (χ2n) is 6.62. The predicted molar refractivity (Wildman–Crippen MR) is 101 cm³/mol. The van der Waals surface area contributed by atoms with E-state index < -0.39 is 0 Å². The van der Waals surface area contributed by atoms with E-state index in [2.05, 4.69) is 66.4 Å². The van der Waals surface area contributed by atoms with Gasteiger partial charge in [0.05, 0.1) is 0 Å². The monoisotopic (exact) mass is 314 g/mol. The van der Waals surface area contributed by atoms with Crippen molar-refractivity contribution < 1.29 is 0 Å². The molecule has 2 rings (SSSR count). The maximum atomic E-state index is 2.47. The Labute approximate surface area is 143 Å². The number of para-hydroxylation sites is 1. The van der Waals surface area contributed by atoms with Gasteiger partial charge in [0.1, 0.15) is 6.17 Å². The fourth-order valence-electron chi connectivity index (χ4n) is 3.46. The minimum atomic E-state index is 0.502. The Hall–Kier alpha value is -1.44. The maximum Gasteiger partial charge on any atom is 0.105 e. The minimum absolute atomic E-state index is 0.502. The van der Waals surface area contributed by atoms with Gasteiger partial charge in [-0.25, -0.2) is 0 Å². The number of benzene rings is 1. The van der Waals surface area contributed by atoms with Crippen LogP contribution < -0.4 is 4.90 Å². The molecule has 1 aliphatic rings. The second-order valence-corrected chi connectivity index (χ2v) is 6.62. The molecule has 0 amide bonds. The quantitative estimate of drug-likeness (QED) is 0.451. The molecule has 0 spiro atoms. The smallest absolute Gasteiger partial charge is 0.105 e. The lowest BCUT2D eigenvalue weighted by Crippen LogP contribution is -2.38. The van der Waals surface area contributed by atoms with Crippen LogP contribution in [0.2, 0.25) is 0 Å². The molecule has 0 saturated heterocycles. The van der Waals surface area contributed by atoms with Crippen LogP contribution in [0.5, 0.6) is 0 Å². The molecule has 1 atom stereocenters. The van der Waals surface area contributed by atoms with E-state index in [4.69, 9.17) is 0 Å². The molecule has 1 aromatic carbocycles. The Morgan fingerprint density at radius 1 is 0.783 bits per heavy atom. The highest BCUT2D eigenvalue weighted by molar-refractivity contribution is 5.51. The summed E-state index contributed by atoms with van der Waals surface area (Å²) in [5, 5.41) is 0. The van der Waals surface area contributed by atoms with Crippen molar-refractivity contribution in [2.75, 3.05) is 11.4 Å². The van der Waals surface area contributed by atoms with Crippen molar-refractivity contribution in [3.8, 4) is 0 Å². The number of unbranched alkanes of at least 4 members (excludes halogenated alkanes) is 7. The summed E-state index contributed by atoms with van der Waals surface area (Å²) in [5.41, 5.74) is 1.31. The Morgan fingerprint density at radius 2 is 1.43 bits per heavy atom. The summed E-state index contributed by atoms with van der Waals surface area (Å²) < 4.78 is 0. The molecular weight excluding hydrogens is 280 g/mol. The molecular formula is C21H34N2. The van der Waals surface area contributed by atoms with Gasteiger partial charge in [0.2, 0.25) is 0 Å². The van der Waals surface area contributed by atoms with Crippen LogP contribution >= 0.6 is 0 Å². The summed E-state index contributed by atoms with van der Waals surface area (Å²) in [7, 11) is 0. The fraction of sp³-hybridized carbons (Fsp3) is 0.619. The van der Waals surface area contributed by atoms with Gasteiger partial charge in [-0.15, -0.1) is 0 Å². The first kappa shape index (κ1) is 17.9. The molecule has 0 N–H and O–H groups in total. The number of nitrogens with zero attached hydrogens (tertiary/aromatic N) is 2. The van der Waals surface area contributed by atoms with Gasteiger partial charge in [-0.05, 0) is 31.9 Å². The van der Waals surface area contributed by atoms with E-state index in [0.717, 1.165) is 6.54 Å². The molecule has 0 aliphatic carbocycles. The zero-order valence-electron chi connectivity index (χ0n) is 15.1. The van der Waals surface area contributed by atoms with Gasteiger partial charge in [0.15, 0.2) is 0 Å². The van der Waals surface area contributed by atoms with Gasteiger partial charge in [-0.2, -0.15) is 0 Å². The molecule has 0 saturated carbocycles. The lowest BCUT2D eigenvalue weighted by Gasteiger charge is -2.32. The molecule has 0 fully saturated rings. The standard InChI is InChI=1S/C21H34N2/c1-3-5-6-7-8-9-10-14-17-21-22(4-2)18-19-23(21)20-15-12-11-13-16-20/h11-13,15-16,18-19,21H,3-10,14,17H2,1-2H3. The molecule has 2 nitrogen and oxygen atoms in total. The van der Waals surface area contributed by atoms with Crippen molar-refractivity contribution in [2.24, 2.45) is 0 Å². The van der Waals surface area contributed by atoms with E-state index in [1.54, 1.807) is 0 Å². The largest absolute Gasteiger partial charge is 0.356 e. The van der Waals surface area contributed by atoms with Crippen molar-refractivity contribution in [2.45, 2.75) is 77.8 Å². The second kappa shape index (κ2) is 10.4. The molecule has 0 bridgehead atoms. The summed E-state index contributed by atoms with van der Waals surface area (Å²) in [5.74, 6) is 0. The van der Waals surface area contributed by atoms with Crippen LogP contribution in [0.15, 0.2) is 42.7 Å². The summed E-state index contributed by atoms with van der Waals surface area (Å²) in [4.78, 5) is 4.90. The third-order valence-electron chi connectivity index (χ3n) is 4.86. The Morgan fingerprint density at radius 3 is 2.09 bits per heavy atom. The lowest BCUT2D eigenvalue weighted by atomic mass is 10.1. The first-order valence-corrected chi connectivity index (χ1v) is 9.64. The van der Waals surface area contributed by atoms with Crippen molar-refractivity contribution in [1.82, 2.24) is 4.90 Å². The molecule has 23 heavy (non-hydrogen) atoms. The predicted octanol–water partition coefficient (Wildman–Crippen LogP) is 6.16. The molecule has 0 radical (unpaired) electrons. The van der Waals surface area contributed by atoms with Crippen molar-refractivity contribution in [3.63, 3.8) is 0 Å². The van der Waals surface area contributed by atoms with Crippen LogP contribution in [0.4, 0.5) is 5.69 Å². The van der Waals surface area contributed by atoms with Crippen LogP contribution in [0.3, 0.4) is 0 Å². The van der Waals surface area contributed by atoms with Gasteiger partial charge < -0.3 is 9.80 Å². The molecule has 0 aromatic heterocycles. The number of rotatable bonds is 11. The van der Waals surface area contributed by atoms with Crippen molar-refractivity contribution in [1.29, 1.82) is 0 Å². The van der Waals surface area contributed by atoms with E-state index in [1.165, 1.54) is 63.5 Å². The Bertz CT molecular complexity index is 440. The van der Waals surface area contributed by atoms with Gasteiger partial charge in [0.25, 0.3) is 0 Å². The zero-order chi connectivity index (χ0) is 16.3. The Balaban J connectivity index is 1.73. The minimum Gasteiger partial charge on any atom is -0.356 e. The zero-order valence-corrected chi connectivity index (χ0v) is 15.1. The highest BCUT2D eigenvalue weighted by Gasteiger charge is 2.25. The Kier molecular flexibility index (Phi) is 8.06. The first-order valence-electron chi connectivity index (χ1n) is 9.64. The molecule has 2 heteroatoms. The van der Waals surface area contributed by atoms with Crippen molar-refractivity contribution >= 4 is 5.69 Å². The molecule has 128 valence electrons. The highest BCUT2D eigenvalue weighted by atomic mass is 15.4. The lowest BCUT2D eigenvalue weighted by molar-refractivity contribution is 0.291. The molecule has 1 aromatic rings. The van der Waals surface area contributed by atoms with Gasteiger partial charge in [-0.3, -0.25) is 0 Å². The third-order valence-corrected chi connectivity index (χ3v) is 4.86. The van der Waals surface area contributed by atoms with E-state index in [0.29, 0.717) is 6.17 Å². The molecule has 1 aliphatic heterocycles. The summed E-state index contributed by atoms with van der Waals surface area (Å²) in [6.45, 7) is 5.62. The van der Waals surface area contributed by atoms with Crippen LogP contribution in [0.1, 0.15) is 71.6 Å². The number of hydrogen-bond donors (Lipinski definition) is 0. The van der Waals surface area contributed by atoms with Crippen LogP contribution in [-0.4, -0.2) is 17.6 Å². The summed E-state index contributed by atoms with van der Waals surface area (Å²) in [6.07, 6.45) is 17.4. The van der Waals surface area contributed by atoms with E-state index in [1.807, 2.05) is 0 Å². The van der Waals surface area contributed by atoms with E-state index in [9.17, 15) is 0 Å². The van der Waals surface area contributed by atoms with E-state index >= 15 is 0 Å². The van der Waals surface area contributed by atoms with Crippen LogP contribution in [-0.2, 0) is 0 Å². The molecule has 1 heterocycles. The van der Waals surface area contributed by atoms with Gasteiger partial charge in [0, 0.05) is 24.6 Å². The third kappa shape index (κ3) is 5.60. The SMILES string of the molecule is CCCCCCCCCCC1N(CC)C=CN1c1ccccc1. The topological polar surface area (TPSA) is 6.48 Å². The van der Waals surface area contributed by atoms with Crippen LogP contribution in [0.25, 0.3) is 0 Å². The van der Waals surface area contributed by atoms with E-state index in [-0.39, 0.29) is 0 Å². The number of hydrogen-bond acceptors (Lipinski definition) is 2. The average molecular weight is 315 g/mol. The fourth-order valence-corrected chi connectivity index (χ4v) is 3.46. The maximum absolute atomic E-state index is 2.47. The van der Waals surface area contributed by atoms with Gasteiger partial charge in [-0.1, -0.05) is 70.1 Å². The highest BCUT2D eigenvalue weighted by Crippen LogP contribution is 2.27. The van der Waals surface area contributed by atoms with Crippen molar-refractivity contribution in [3.05, 3.63) is 42.7 Å². The summed E-state index contributed by atoms with van der Waals surface area (Å²) in [6, 6.07) is 10.8. The molecule has 1 unspecified atom stereocenters. The first-order chi connectivity index (χ1) is 11.4. The number of anilines is 1. The summed E-state index contributed by atoms with van der Waals surface area (Å²) >= 11 is 0. The van der Waals surface area contributed by atoms with Gasteiger partial charge >= 0.3 is 0 Å². The normalized spacial score (nSPS) is 17.2.